The highest BCUT2D eigenvalue weighted by atomic mass is 32.1. The number of anilines is 3. The molecule has 5 rings (SSSR count). The summed E-state index contributed by atoms with van der Waals surface area (Å²) in [6.45, 7) is 4.19. The molecule has 0 radical (unpaired) electrons. The van der Waals surface area contributed by atoms with E-state index in [1.165, 1.54) is 0 Å². The number of allylic oxidation sites excluding steroid dienone is 1. The second-order valence-corrected chi connectivity index (χ2v) is 9.63. The topological polar surface area (TPSA) is 61.4 Å². The molecular formula is C27H27N3O2S. The van der Waals surface area contributed by atoms with E-state index >= 15 is 0 Å². The van der Waals surface area contributed by atoms with E-state index in [-0.39, 0.29) is 24.3 Å². The van der Waals surface area contributed by atoms with E-state index in [4.69, 9.17) is 0 Å². The van der Waals surface area contributed by atoms with Gasteiger partial charge in [-0.2, -0.15) is 0 Å². The van der Waals surface area contributed by atoms with Gasteiger partial charge in [-0.3, -0.25) is 9.59 Å². The van der Waals surface area contributed by atoms with Crippen molar-refractivity contribution in [1.82, 2.24) is 0 Å². The average Bonchev–Trinajstić information content (AvgIpc) is 3.29. The highest BCUT2D eigenvalue weighted by Crippen LogP contribution is 2.45. The Bertz CT molecular complexity index is 1250. The summed E-state index contributed by atoms with van der Waals surface area (Å²) in [6.07, 6.45) is 2.22. The number of amides is 1. The first-order valence-electron chi connectivity index (χ1n) is 11.3. The predicted molar refractivity (Wildman–Crippen MR) is 135 cm³/mol. The van der Waals surface area contributed by atoms with Crippen molar-refractivity contribution in [3.63, 3.8) is 0 Å². The Morgan fingerprint density at radius 2 is 1.94 bits per heavy atom. The van der Waals surface area contributed by atoms with Crippen LogP contribution in [0.3, 0.4) is 0 Å². The zero-order valence-corrected chi connectivity index (χ0v) is 19.7. The Balaban J connectivity index is 1.58. The molecule has 168 valence electrons. The SMILES string of the molecule is Cc1cccc(NC(=O)CN2c3ccccc3NC3=C(C(=O)CCC3)[C@H]2c2cccs2)c1C. The van der Waals surface area contributed by atoms with Crippen LogP contribution in [0.5, 0.6) is 0 Å². The van der Waals surface area contributed by atoms with Crippen LogP contribution in [0.2, 0.25) is 0 Å². The van der Waals surface area contributed by atoms with Crippen molar-refractivity contribution in [3.8, 4) is 0 Å². The number of fused-ring (bicyclic) bond motifs is 1. The molecule has 1 aliphatic carbocycles. The number of aryl methyl sites for hydroxylation is 1. The third-order valence-electron chi connectivity index (χ3n) is 6.55. The van der Waals surface area contributed by atoms with Crippen LogP contribution in [0.25, 0.3) is 0 Å². The minimum Gasteiger partial charge on any atom is -0.357 e. The first kappa shape index (κ1) is 21.5. The monoisotopic (exact) mass is 457 g/mol. The molecule has 2 aliphatic rings. The number of para-hydroxylation sites is 2. The number of carbonyl (C=O) groups excluding carboxylic acids is 2. The molecule has 33 heavy (non-hydrogen) atoms. The molecule has 0 saturated heterocycles. The number of benzene rings is 2. The number of hydrogen-bond donors (Lipinski definition) is 2. The molecule has 1 aliphatic heterocycles. The maximum absolute atomic E-state index is 13.4. The van der Waals surface area contributed by atoms with E-state index in [0.717, 1.165) is 57.2 Å². The predicted octanol–water partition coefficient (Wildman–Crippen LogP) is 5.98. The molecule has 6 heteroatoms. The quantitative estimate of drug-likeness (QED) is 0.506. The van der Waals surface area contributed by atoms with Crippen LogP contribution in [0.15, 0.2) is 71.2 Å². The van der Waals surface area contributed by atoms with Gasteiger partial charge in [0.1, 0.15) is 0 Å². The Morgan fingerprint density at radius 1 is 1.09 bits per heavy atom. The molecule has 3 aromatic rings. The highest BCUT2D eigenvalue weighted by molar-refractivity contribution is 7.10. The zero-order valence-electron chi connectivity index (χ0n) is 18.9. The van der Waals surface area contributed by atoms with Crippen molar-refractivity contribution in [2.24, 2.45) is 0 Å². The molecule has 1 aromatic heterocycles. The van der Waals surface area contributed by atoms with Crippen molar-refractivity contribution in [3.05, 3.63) is 87.3 Å². The smallest absolute Gasteiger partial charge is 0.243 e. The first-order chi connectivity index (χ1) is 16.0. The summed E-state index contributed by atoms with van der Waals surface area (Å²) in [5.41, 5.74) is 6.64. The Kier molecular flexibility index (Phi) is 5.77. The van der Waals surface area contributed by atoms with Crippen LogP contribution in [0.4, 0.5) is 17.1 Å². The fourth-order valence-electron chi connectivity index (χ4n) is 4.75. The van der Waals surface area contributed by atoms with Gasteiger partial charge in [-0.25, -0.2) is 0 Å². The molecule has 1 atom stereocenters. The van der Waals surface area contributed by atoms with E-state index in [9.17, 15) is 9.59 Å². The number of Topliss-reactive ketones (excluding diaryl/α,β-unsaturated/α-hetero) is 1. The van der Waals surface area contributed by atoms with Crippen molar-refractivity contribution < 1.29 is 9.59 Å². The summed E-state index contributed by atoms with van der Waals surface area (Å²) in [7, 11) is 0. The molecule has 2 heterocycles. The fourth-order valence-corrected chi connectivity index (χ4v) is 5.59. The lowest BCUT2D eigenvalue weighted by molar-refractivity contribution is -0.117. The lowest BCUT2D eigenvalue weighted by atomic mass is 9.88. The molecule has 0 spiro atoms. The van der Waals surface area contributed by atoms with E-state index < -0.39 is 0 Å². The summed E-state index contributed by atoms with van der Waals surface area (Å²) in [4.78, 5) is 29.7. The summed E-state index contributed by atoms with van der Waals surface area (Å²) in [5, 5.41) is 8.67. The first-order valence-corrected chi connectivity index (χ1v) is 12.2. The van der Waals surface area contributed by atoms with E-state index in [1.54, 1.807) is 11.3 Å². The molecule has 5 nitrogen and oxygen atoms in total. The number of rotatable bonds is 4. The molecule has 1 amide bonds. The number of thiophene rings is 1. The molecule has 0 bridgehead atoms. The van der Waals surface area contributed by atoms with E-state index in [2.05, 4.69) is 21.6 Å². The van der Waals surface area contributed by atoms with Crippen LogP contribution in [0.1, 0.15) is 41.3 Å². The number of carbonyl (C=O) groups is 2. The van der Waals surface area contributed by atoms with Crippen molar-refractivity contribution >= 4 is 40.1 Å². The highest BCUT2D eigenvalue weighted by Gasteiger charge is 2.37. The Morgan fingerprint density at radius 3 is 2.76 bits per heavy atom. The largest absolute Gasteiger partial charge is 0.357 e. The van der Waals surface area contributed by atoms with Gasteiger partial charge in [-0.15, -0.1) is 11.3 Å². The lowest BCUT2D eigenvalue weighted by Gasteiger charge is -2.34. The van der Waals surface area contributed by atoms with Gasteiger partial charge in [0.25, 0.3) is 0 Å². The average molecular weight is 458 g/mol. The molecular weight excluding hydrogens is 430 g/mol. The molecule has 2 aromatic carbocycles. The van der Waals surface area contributed by atoms with Gasteiger partial charge in [-0.1, -0.05) is 30.3 Å². The molecule has 2 N–H and O–H groups in total. The minimum absolute atomic E-state index is 0.104. The summed E-state index contributed by atoms with van der Waals surface area (Å²) >= 11 is 1.62. The summed E-state index contributed by atoms with van der Waals surface area (Å²) in [5.74, 6) is 0.0576. The minimum atomic E-state index is -0.298. The molecule has 0 fully saturated rings. The summed E-state index contributed by atoms with van der Waals surface area (Å²) in [6, 6.07) is 17.7. The van der Waals surface area contributed by atoms with Crippen LogP contribution < -0.4 is 15.5 Å². The zero-order chi connectivity index (χ0) is 22.9. The summed E-state index contributed by atoms with van der Waals surface area (Å²) < 4.78 is 0. The molecule has 0 saturated carbocycles. The second-order valence-electron chi connectivity index (χ2n) is 8.65. The third-order valence-corrected chi connectivity index (χ3v) is 7.47. The van der Waals surface area contributed by atoms with Gasteiger partial charge >= 0.3 is 0 Å². The number of nitrogens with one attached hydrogen (secondary N) is 2. The number of nitrogens with zero attached hydrogens (tertiary/aromatic N) is 1. The normalized spacial score (nSPS) is 17.7. The van der Waals surface area contributed by atoms with Gasteiger partial charge in [0, 0.05) is 28.3 Å². The van der Waals surface area contributed by atoms with Crippen LogP contribution in [-0.4, -0.2) is 18.2 Å². The van der Waals surface area contributed by atoms with Crippen LogP contribution in [0, 0.1) is 13.8 Å². The number of ketones is 1. The molecule has 0 unspecified atom stereocenters. The third kappa shape index (κ3) is 4.07. The standard InChI is InChI=1S/C27H27N3O2S/c1-17-8-5-10-19(18(17)2)29-25(32)16-30-22-12-4-3-9-20(22)28-21-11-6-13-23(31)26(21)27(30)24-14-7-15-33-24/h3-5,7-10,12,14-15,27-28H,6,11,13,16H2,1-2H3,(H,29,32)/t27-/m1/s1. The maximum atomic E-state index is 13.4. The number of hydrogen-bond acceptors (Lipinski definition) is 5. The lowest BCUT2D eigenvalue weighted by Crippen LogP contribution is -2.38. The van der Waals surface area contributed by atoms with Gasteiger partial charge in [0.05, 0.1) is 24.0 Å². The van der Waals surface area contributed by atoms with Gasteiger partial charge in [0.15, 0.2) is 5.78 Å². The van der Waals surface area contributed by atoms with Gasteiger partial charge < -0.3 is 15.5 Å². The van der Waals surface area contributed by atoms with E-state index in [1.807, 2.05) is 67.8 Å². The maximum Gasteiger partial charge on any atom is 0.243 e. The van der Waals surface area contributed by atoms with Crippen LogP contribution >= 0.6 is 11.3 Å². The van der Waals surface area contributed by atoms with Gasteiger partial charge in [-0.05, 0) is 67.5 Å². The van der Waals surface area contributed by atoms with Crippen molar-refractivity contribution in [2.45, 2.75) is 39.2 Å². The van der Waals surface area contributed by atoms with Crippen molar-refractivity contribution in [2.75, 3.05) is 22.1 Å². The Hall–Kier alpha value is -3.38. The van der Waals surface area contributed by atoms with Gasteiger partial charge in [0.2, 0.25) is 5.91 Å². The second kappa shape index (κ2) is 8.87. The van der Waals surface area contributed by atoms with Crippen molar-refractivity contribution in [1.29, 1.82) is 0 Å². The fraction of sp³-hybridized carbons (Fsp3) is 0.259. The Labute approximate surface area is 198 Å². The van der Waals surface area contributed by atoms with E-state index in [0.29, 0.717) is 6.42 Å². The van der Waals surface area contributed by atoms with Crippen LogP contribution in [-0.2, 0) is 9.59 Å².